The van der Waals surface area contributed by atoms with Crippen molar-refractivity contribution in [3.63, 3.8) is 0 Å². The molecule has 0 saturated carbocycles. The van der Waals surface area contributed by atoms with E-state index in [2.05, 4.69) is 81.9 Å². The number of carboxylic acid groups (broad SMARTS) is 1. The lowest BCUT2D eigenvalue weighted by Gasteiger charge is -2.34. The molecule has 9 aromatic rings. The first-order chi connectivity index (χ1) is 50.0. The van der Waals surface area contributed by atoms with E-state index in [1.54, 1.807) is 33.0 Å². The van der Waals surface area contributed by atoms with Gasteiger partial charge in [-0.2, -0.15) is 5.10 Å². The highest BCUT2D eigenvalue weighted by molar-refractivity contribution is 5.98. The summed E-state index contributed by atoms with van der Waals surface area (Å²) in [6.45, 7) is 13.1. The van der Waals surface area contributed by atoms with E-state index >= 15 is 0 Å². The van der Waals surface area contributed by atoms with E-state index < -0.39 is 5.97 Å². The lowest BCUT2D eigenvalue weighted by molar-refractivity contribution is -0.134. The monoisotopic (exact) mass is 1400 g/mol. The van der Waals surface area contributed by atoms with E-state index in [9.17, 15) is 29.1 Å². The van der Waals surface area contributed by atoms with Gasteiger partial charge in [0, 0.05) is 131 Å². The molecule has 0 spiro atoms. The van der Waals surface area contributed by atoms with Gasteiger partial charge in [-0.1, -0.05) is 48.5 Å². The van der Waals surface area contributed by atoms with Crippen molar-refractivity contribution in [2.45, 2.75) is 186 Å². The third-order valence-electron chi connectivity index (χ3n) is 21.9. The van der Waals surface area contributed by atoms with Gasteiger partial charge in [-0.05, 0) is 177 Å². The molecule has 24 heteroatoms. The number of ether oxygens (including phenoxy) is 5. The molecule has 15 rings (SSSR count). The molecule has 0 bridgehead atoms. The average molecular weight is 1400 g/mol. The number of carboxylic acids is 1. The number of amides is 4. The molecule has 6 aliphatic rings. The van der Waals surface area contributed by atoms with Crippen molar-refractivity contribution in [1.29, 1.82) is 0 Å². The highest BCUT2D eigenvalue weighted by Crippen LogP contribution is 2.42. The number of benzene rings is 5. The maximum atomic E-state index is 13.4. The standard InChI is InChI=1S/C27H31N3O5.C26H34N6O4.C26H32N4O2/c1-17-7-9-21-22(29(17)27(33)34-2)10-11-23-25(21)28-24(30(23)19-13-15-35-16-14-19)12-8-18-5-3-4-6-20(18)26(31)32;1-18-5-6-20-21(32(18)26(34)35-3)7-8-22-25(20)28-23(9-14-30-13-4-12-27-30)31(22)17-24(33)29(2)19-10-15-36-16-11-19;1-17-15-20(13-14-27-17)30-23-12-11-22-21(10-9-18(2)29(22)26(31)32-3)25(23)28-24(30)16-19-7-5-4-6-8-19/h3-6,10-11,17,19H,7-9,12-16H2,1-2H3,(H,31,32);4,7-8,12-13,18-19H,5-6,9-11,14-17H2,1-3H3;4-8,11-12,17-18,20,27H,9-10,13-16H2,1-3H3/t17-;18-;17-,18-,20+/m000/s1. The Morgan fingerprint density at radius 1 is 0.563 bits per heavy atom. The van der Waals surface area contributed by atoms with Crippen LogP contribution in [0.1, 0.15) is 153 Å². The van der Waals surface area contributed by atoms with Crippen LogP contribution in [0, 0.1) is 0 Å². The third kappa shape index (κ3) is 15.0. The third-order valence-corrected chi connectivity index (χ3v) is 21.9. The zero-order chi connectivity index (χ0) is 72.0. The largest absolute Gasteiger partial charge is 0.478 e. The number of rotatable bonds is 14. The molecule has 0 unspecified atom stereocenters. The Kier molecular flexibility index (Phi) is 22.2. The molecule has 103 heavy (non-hydrogen) atoms. The minimum Gasteiger partial charge on any atom is -0.478 e. The second-order valence-corrected chi connectivity index (χ2v) is 28.3. The SMILES string of the molecule is COC(=O)N1c2ccc3c(nc(CCc4ccccc4C(=O)O)n3C3CCOCC3)c2CC[C@@H]1C.COC(=O)N1c2ccc3c(nc(CCn4cccn4)n3CC(=O)N(C)C3CCOCC3)c2CC[C@@H]1C.COC(=O)N1c2ccc3c(nc(Cc4ccccc4)n3[C@@H]3CCN[C@@H](C)C3)c2CC[C@@H]1C. The number of hydrogen-bond donors (Lipinski definition) is 2. The molecule has 24 nitrogen and oxygen atoms in total. The molecule has 3 fully saturated rings. The van der Waals surface area contributed by atoms with E-state index in [1.165, 1.54) is 38.0 Å². The van der Waals surface area contributed by atoms with Gasteiger partial charge in [0.25, 0.3) is 0 Å². The fourth-order valence-corrected chi connectivity index (χ4v) is 16.4. The number of imidazole rings is 3. The molecular weight excluding hydrogens is 1310 g/mol. The second-order valence-electron chi connectivity index (χ2n) is 28.3. The molecule has 6 aliphatic heterocycles. The molecular formula is C79H97N13O11. The van der Waals surface area contributed by atoms with Crippen molar-refractivity contribution in [2.75, 3.05) is 76.0 Å². The summed E-state index contributed by atoms with van der Waals surface area (Å²) in [6, 6.07) is 33.5. The molecule has 4 aromatic heterocycles. The Morgan fingerprint density at radius 3 is 1.62 bits per heavy atom. The molecule has 544 valence electrons. The van der Waals surface area contributed by atoms with E-state index in [0.717, 1.165) is 169 Å². The maximum Gasteiger partial charge on any atom is 0.414 e. The van der Waals surface area contributed by atoms with E-state index in [1.807, 2.05) is 77.6 Å². The first-order valence-electron chi connectivity index (χ1n) is 36.7. The number of fused-ring (bicyclic) bond motifs is 9. The number of anilines is 3. The Balaban J connectivity index is 0.000000138. The van der Waals surface area contributed by atoms with Crippen LogP contribution in [-0.2, 0) is 86.5 Å². The Hall–Kier alpha value is -9.65. The van der Waals surface area contributed by atoms with Gasteiger partial charge in [0.1, 0.15) is 24.0 Å². The summed E-state index contributed by atoms with van der Waals surface area (Å²) in [7, 11) is 6.16. The highest BCUT2D eigenvalue weighted by atomic mass is 16.6. The van der Waals surface area contributed by atoms with Crippen LogP contribution < -0.4 is 20.0 Å². The topological polar surface area (TPSA) is 248 Å². The minimum atomic E-state index is -0.912. The van der Waals surface area contributed by atoms with Crippen molar-refractivity contribution in [3.8, 4) is 0 Å². The normalized spacial score (nSPS) is 19.9. The maximum absolute atomic E-state index is 13.4. The first-order valence-corrected chi connectivity index (χ1v) is 36.7. The number of hydrogen-bond acceptors (Lipinski definition) is 15. The van der Waals surface area contributed by atoms with Crippen LogP contribution in [0.2, 0.25) is 0 Å². The van der Waals surface area contributed by atoms with Gasteiger partial charge in [-0.3, -0.25) is 24.2 Å². The summed E-state index contributed by atoms with van der Waals surface area (Å²) in [4.78, 5) is 85.3. The minimum absolute atomic E-state index is 0.0403. The van der Waals surface area contributed by atoms with Crippen LogP contribution in [0.3, 0.4) is 0 Å². The second kappa shape index (κ2) is 31.9. The first kappa shape index (κ1) is 71.7. The lowest BCUT2D eigenvalue weighted by atomic mass is 9.95. The number of nitrogens with zero attached hydrogens (tertiary/aromatic N) is 12. The molecule has 10 heterocycles. The fraction of sp³-hybridized carbons (Fsp3) is 0.481. The molecule has 4 amide bonds. The molecule has 0 radical (unpaired) electrons. The number of likely N-dealkylation sites (N-methyl/N-ethyl adjacent to an activating group) is 1. The van der Waals surface area contributed by atoms with E-state index in [0.29, 0.717) is 69.9 Å². The molecule has 3 saturated heterocycles. The number of nitrogens with one attached hydrogen (secondary N) is 1. The summed E-state index contributed by atoms with van der Waals surface area (Å²) in [5, 5.41) is 17.5. The van der Waals surface area contributed by atoms with Crippen LogP contribution in [-0.4, -0.2) is 170 Å². The smallest absolute Gasteiger partial charge is 0.414 e. The van der Waals surface area contributed by atoms with Crippen LogP contribution in [0.25, 0.3) is 33.1 Å². The van der Waals surface area contributed by atoms with Crippen molar-refractivity contribution in [3.05, 3.63) is 160 Å². The summed E-state index contributed by atoms with van der Waals surface area (Å²) >= 11 is 0. The summed E-state index contributed by atoms with van der Waals surface area (Å²) < 4.78 is 35.1. The zero-order valence-corrected chi connectivity index (χ0v) is 60.6. The zero-order valence-electron chi connectivity index (χ0n) is 60.6. The van der Waals surface area contributed by atoms with Crippen LogP contribution in [0.15, 0.2) is 109 Å². The predicted molar refractivity (Wildman–Crippen MR) is 395 cm³/mol. The van der Waals surface area contributed by atoms with Gasteiger partial charge < -0.3 is 52.7 Å². The molecule has 5 aromatic carbocycles. The highest BCUT2D eigenvalue weighted by Gasteiger charge is 2.37. The number of methoxy groups -OCH3 is 3. The summed E-state index contributed by atoms with van der Waals surface area (Å²) in [5.41, 5.74) is 14.3. The van der Waals surface area contributed by atoms with Crippen molar-refractivity contribution in [1.82, 2.24) is 48.7 Å². The van der Waals surface area contributed by atoms with Gasteiger partial charge in [0.2, 0.25) is 5.91 Å². The van der Waals surface area contributed by atoms with Gasteiger partial charge in [-0.15, -0.1) is 0 Å². The summed E-state index contributed by atoms with van der Waals surface area (Å²) in [5.74, 6) is 2.05. The fourth-order valence-electron chi connectivity index (χ4n) is 16.4. The van der Waals surface area contributed by atoms with Gasteiger partial charge in [-0.25, -0.2) is 34.1 Å². The average Bonchev–Trinajstić information content (AvgIpc) is 1.69. The van der Waals surface area contributed by atoms with E-state index in [4.69, 9.17) is 38.6 Å². The van der Waals surface area contributed by atoms with Gasteiger partial charge >= 0.3 is 24.2 Å². The quantitative estimate of drug-likeness (QED) is 0.0961. The number of aromatic carboxylic acids is 1. The Morgan fingerprint density at radius 2 is 1.08 bits per heavy atom. The molecule has 2 N–H and O–H groups in total. The number of carbonyl (C=O) groups is 5. The number of aryl methyl sites for hydroxylation is 7. The molecule has 0 aliphatic carbocycles. The van der Waals surface area contributed by atoms with Gasteiger partial charge in [0.15, 0.2) is 0 Å². The van der Waals surface area contributed by atoms with E-state index in [-0.39, 0.29) is 60.9 Å². The van der Waals surface area contributed by atoms with Crippen molar-refractivity contribution >= 4 is 80.3 Å². The predicted octanol–water partition coefficient (Wildman–Crippen LogP) is 12.6. The molecule has 5 atom stereocenters. The van der Waals surface area contributed by atoms with Crippen molar-refractivity contribution < 1.29 is 52.8 Å². The van der Waals surface area contributed by atoms with Crippen LogP contribution in [0.5, 0.6) is 0 Å². The van der Waals surface area contributed by atoms with Crippen LogP contribution >= 0.6 is 0 Å². The number of piperidine rings is 1. The number of carbonyl (C=O) groups excluding carboxylic acids is 4. The lowest BCUT2D eigenvalue weighted by Crippen LogP contribution is -2.42. The Bertz CT molecular complexity index is 4520. The van der Waals surface area contributed by atoms with Crippen LogP contribution in [0.4, 0.5) is 31.4 Å². The van der Waals surface area contributed by atoms with Gasteiger partial charge in [0.05, 0.1) is 77.1 Å². The summed E-state index contributed by atoms with van der Waals surface area (Å²) in [6.07, 6.45) is 16.2. The van der Waals surface area contributed by atoms with Crippen molar-refractivity contribution in [2.24, 2.45) is 0 Å². The number of aromatic nitrogens is 8. The Labute approximate surface area is 601 Å².